The van der Waals surface area contributed by atoms with Gasteiger partial charge in [-0.15, -0.1) is 0 Å². The van der Waals surface area contributed by atoms with Crippen molar-refractivity contribution in [2.75, 3.05) is 6.61 Å². The fourth-order valence-electron chi connectivity index (χ4n) is 4.75. The first-order valence-corrected chi connectivity index (χ1v) is 13.7. The fourth-order valence-corrected chi connectivity index (χ4v) is 4.75. The second-order valence-corrected chi connectivity index (χ2v) is 9.85. The summed E-state index contributed by atoms with van der Waals surface area (Å²) >= 11 is 0. The van der Waals surface area contributed by atoms with Crippen molar-refractivity contribution in [2.24, 2.45) is 0 Å². The minimum absolute atomic E-state index is 0.260. The van der Waals surface area contributed by atoms with Crippen LogP contribution in [0, 0.1) is 0 Å². The lowest BCUT2D eigenvalue weighted by Gasteiger charge is -2.29. The van der Waals surface area contributed by atoms with Crippen LogP contribution >= 0.6 is 0 Å². The molecule has 0 aromatic heterocycles. The van der Waals surface area contributed by atoms with Crippen LogP contribution in [0.1, 0.15) is 22.3 Å². The molecule has 0 spiro atoms. The molecule has 5 rings (SSSR count). The van der Waals surface area contributed by atoms with Crippen LogP contribution in [0.15, 0.2) is 121 Å². The summed E-state index contributed by atoms with van der Waals surface area (Å²) in [6, 6.07) is 39.8. The maximum atomic E-state index is 11.0. The number of aliphatic hydroxyl groups is 1. The van der Waals surface area contributed by atoms with Gasteiger partial charge in [0, 0.05) is 0 Å². The molecule has 1 aliphatic heterocycles. The van der Waals surface area contributed by atoms with Gasteiger partial charge in [0.25, 0.3) is 0 Å². The first-order valence-electron chi connectivity index (χ1n) is 13.7. The lowest BCUT2D eigenvalue weighted by atomic mass is 10.0. The molecule has 6 heteroatoms. The Kier molecular flexibility index (Phi) is 10.5. The van der Waals surface area contributed by atoms with E-state index in [1.807, 2.05) is 121 Å². The highest BCUT2D eigenvalue weighted by Gasteiger charge is 2.49. The van der Waals surface area contributed by atoms with Crippen LogP contribution < -0.4 is 0 Å². The van der Waals surface area contributed by atoms with Gasteiger partial charge in [0.05, 0.1) is 33.0 Å². The zero-order valence-electron chi connectivity index (χ0n) is 22.5. The third kappa shape index (κ3) is 8.08. The van der Waals surface area contributed by atoms with Gasteiger partial charge in [-0.1, -0.05) is 121 Å². The highest BCUT2D eigenvalue weighted by atomic mass is 16.7. The molecule has 1 aliphatic rings. The summed E-state index contributed by atoms with van der Waals surface area (Å²) in [6.07, 6.45) is -3.58. The molecule has 5 atom stereocenters. The highest BCUT2D eigenvalue weighted by Crippen LogP contribution is 2.31. The summed E-state index contributed by atoms with van der Waals surface area (Å²) in [7, 11) is 0. The van der Waals surface area contributed by atoms with E-state index in [0.717, 1.165) is 22.3 Å². The molecule has 0 amide bonds. The summed E-state index contributed by atoms with van der Waals surface area (Å²) < 4.78 is 31.3. The first kappa shape index (κ1) is 28.2. The number of benzene rings is 4. The number of ether oxygens (including phenoxy) is 5. The first-order chi connectivity index (χ1) is 19.8. The predicted molar refractivity (Wildman–Crippen MR) is 152 cm³/mol. The zero-order chi connectivity index (χ0) is 27.4. The van der Waals surface area contributed by atoms with Gasteiger partial charge < -0.3 is 28.8 Å². The van der Waals surface area contributed by atoms with E-state index in [-0.39, 0.29) is 6.61 Å². The van der Waals surface area contributed by atoms with E-state index in [4.69, 9.17) is 23.7 Å². The number of aliphatic hydroxyl groups excluding tert-OH is 1. The molecule has 4 aromatic rings. The van der Waals surface area contributed by atoms with Crippen molar-refractivity contribution in [3.8, 4) is 0 Å². The number of rotatable bonds is 14. The van der Waals surface area contributed by atoms with Gasteiger partial charge in [-0.05, 0) is 22.3 Å². The van der Waals surface area contributed by atoms with Crippen LogP contribution in [0.2, 0.25) is 0 Å². The average Bonchev–Trinajstić information content (AvgIpc) is 3.33. The van der Waals surface area contributed by atoms with E-state index in [9.17, 15) is 5.11 Å². The van der Waals surface area contributed by atoms with E-state index in [0.29, 0.717) is 26.4 Å². The smallest absolute Gasteiger partial charge is 0.184 e. The van der Waals surface area contributed by atoms with Crippen molar-refractivity contribution in [1.82, 2.24) is 0 Å². The van der Waals surface area contributed by atoms with E-state index in [1.54, 1.807) is 0 Å². The molecule has 208 valence electrons. The van der Waals surface area contributed by atoms with Crippen molar-refractivity contribution in [3.63, 3.8) is 0 Å². The molecule has 0 aliphatic carbocycles. The maximum Gasteiger partial charge on any atom is 0.184 e. The Labute approximate surface area is 236 Å². The Bertz CT molecular complexity index is 1240. The lowest BCUT2D eigenvalue weighted by molar-refractivity contribution is -0.174. The van der Waals surface area contributed by atoms with Gasteiger partial charge in [0.15, 0.2) is 6.29 Å². The van der Waals surface area contributed by atoms with Gasteiger partial charge in [0.1, 0.15) is 24.4 Å². The zero-order valence-corrected chi connectivity index (χ0v) is 22.5. The Hall–Kier alpha value is -3.36. The monoisotopic (exact) mass is 540 g/mol. The molecule has 40 heavy (non-hydrogen) atoms. The largest absolute Gasteiger partial charge is 0.374 e. The van der Waals surface area contributed by atoms with Crippen LogP contribution in [0.25, 0.3) is 0 Å². The third-order valence-electron chi connectivity index (χ3n) is 6.86. The van der Waals surface area contributed by atoms with Crippen molar-refractivity contribution in [2.45, 2.75) is 57.1 Å². The molecular formula is C34H36O6. The second kappa shape index (κ2) is 14.9. The summed E-state index contributed by atoms with van der Waals surface area (Å²) in [4.78, 5) is 0. The van der Waals surface area contributed by atoms with Gasteiger partial charge in [0.2, 0.25) is 0 Å². The standard InChI is InChI=1S/C34H36O6/c35-34-33(39-24-29-19-11-4-12-20-29)32(38-23-28-17-9-3-10-18-28)31(40-34)30(37-22-27-15-7-2-8-16-27)25-36-21-26-13-5-1-6-14-26/h1-20,30-35H,21-25H2/t30-,31+,32+,33-,34+/m1/s1. The van der Waals surface area contributed by atoms with E-state index < -0.39 is 30.7 Å². The summed E-state index contributed by atoms with van der Waals surface area (Å²) in [5, 5.41) is 11.0. The Balaban J connectivity index is 1.33. The van der Waals surface area contributed by atoms with Gasteiger partial charge in [-0.25, -0.2) is 0 Å². The van der Waals surface area contributed by atoms with E-state index >= 15 is 0 Å². The molecule has 0 bridgehead atoms. The van der Waals surface area contributed by atoms with Gasteiger partial charge >= 0.3 is 0 Å². The van der Waals surface area contributed by atoms with E-state index in [2.05, 4.69) is 0 Å². The molecule has 0 saturated carbocycles. The quantitative estimate of drug-likeness (QED) is 0.222. The van der Waals surface area contributed by atoms with Gasteiger partial charge in [-0.2, -0.15) is 0 Å². The summed E-state index contributed by atoms with van der Waals surface area (Å²) in [5.41, 5.74) is 4.12. The number of hydrogen-bond donors (Lipinski definition) is 1. The van der Waals surface area contributed by atoms with Crippen LogP contribution in [-0.2, 0) is 50.1 Å². The molecular weight excluding hydrogens is 504 g/mol. The van der Waals surface area contributed by atoms with Crippen molar-refractivity contribution < 1.29 is 28.8 Å². The lowest BCUT2D eigenvalue weighted by Crippen LogP contribution is -2.45. The van der Waals surface area contributed by atoms with Crippen LogP contribution in [0.5, 0.6) is 0 Å². The second-order valence-electron chi connectivity index (χ2n) is 9.85. The fraction of sp³-hybridized carbons (Fsp3) is 0.294. The van der Waals surface area contributed by atoms with Crippen LogP contribution in [-0.4, -0.2) is 42.4 Å². The normalized spacial score (nSPS) is 21.3. The topological polar surface area (TPSA) is 66.4 Å². The van der Waals surface area contributed by atoms with Crippen molar-refractivity contribution >= 4 is 0 Å². The Morgan fingerprint density at radius 3 is 1.48 bits per heavy atom. The molecule has 0 radical (unpaired) electrons. The van der Waals surface area contributed by atoms with Crippen LogP contribution in [0.4, 0.5) is 0 Å². The van der Waals surface area contributed by atoms with E-state index in [1.165, 1.54) is 0 Å². The molecule has 1 N–H and O–H groups in total. The minimum Gasteiger partial charge on any atom is -0.374 e. The van der Waals surface area contributed by atoms with Crippen LogP contribution in [0.3, 0.4) is 0 Å². The molecule has 1 saturated heterocycles. The molecule has 0 unspecified atom stereocenters. The molecule has 1 fully saturated rings. The average molecular weight is 541 g/mol. The third-order valence-corrected chi connectivity index (χ3v) is 6.86. The Morgan fingerprint density at radius 1 is 0.550 bits per heavy atom. The number of hydrogen-bond acceptors (Lipinski definition) is 6. The summed E-state index contributed by atoms with van der Waals surface area (Å²) in [6.45, 7) is 1.74. The van der Waals surface area contributed by atoms with Crippen molar-refractivity contribution in [1.29, 1.82) is 0 Å². The van der Waals surface area contributed by atoms with Crippen molar-refractivity contribution in [3.05, 3.63) is 144 Å². The summed E-state index contributed by atoms with van der Waals surface area (Å²) in [5.74, 6) is 0. The molecule has 6 nitrogen and oxygen atoms in total. The highest BCUT2D eigenvalue weighted by molar-refractivity contribution is 5.16. The SMILES string of the molecule is O[C@H]1O[C@@H]([C@@H](COCc2ccccc2)OCc2ccccc2)[C@H](OCc2ccccc2)[C@H]1OCc1ccccc1. The molecule has 1 heterocycles. The van der Waals surface area contributed by atoms with Gasteiger partial charge in [-0.3, -0.25) is 0 Å². The molecule has 4 aromatic carbocycles. The predicted octanol–water partition coefficient (Wildman–Crippen LogP) is 5.68. The minimum atomic E-state index is -1.17. The Morgan fingerprint density at radius 2 is 0.975 bits per heavy atom. The maximum absolute atomic E-state index is 11.0.